The van der Waals surface area contributed by atoms with E-state index in [2.05, 4.69) is 10.0 Å². The average molecular weight is 588 g/mol. The number of hydrogen-bond donors (Lipinski definition) is 2. The molecule has 0 unspecified atom stereocenters. The van der Waals surface area contributed by atoms with Crippen molar-refractivity contribution < 1.29 is 27.5 Å². The first-order chi connectivity index (χ1) is 19.3. The van der Waals surface area contributed by atoms with Gasteiger partial charge in [0.15, 0.2) is 0 Å². The van der Waals surface area contributed by atoms with Gasteiger partial charge in [-0.2, -0.15) is 17.4 Å². The molecule has 0 bridgehead atoms. The molecule has 1 saturated heterocycles. The molecule has 1 aliphatic heterocycles. The van der Waals surface area contributed by atoms with E-state index in [0.29, 0.717) is 25.4 Å². The van der Waals surface area contributed by atoms with E-state index < -0.39 is 39.8 Å². The van der Waals surface area contributed by atoms with Gasteiger partial charge in [-0.3, -0.25) is 4.79 Å². The SMILES string of the molecule is CC(C)C[C@H](NS(=O)(=O)N1CCCCC1)C(=O)N[C@@H](Cc1ccc(OCc2ccccc2)cc1)C(=O)OC(C)(C)C. The van der Waals surface area contributed by atoms with Gasteiger partial charge in [-0.15, -0.1) is 0 Å². The minimum absolute atomic E-state index is 0.0400. The molecule has 1 amide bonds. The van der Waals surface area contributed by atoms with Crippen LogP contribution in [-0.4, -0.2) is 55.4 Å². The van der Waals surface area contributed by atoms with E-state index in [4.69, 9.17) is 9.47 Å². The Morgan fingerprint density at radius 1 is 0.902 bits per heavy atom. The van der Waals surface area contributed by atoms with Gasteiger partial charge in [0.1, 0.15) is 30.0 Å². The van der Waals surface area contributed by atoms with Crippen LogP contribution in [0.2, 0.25) is 0 Å². The van der Waals surface area contributed by atoms with E-state index in [9.17, 15) is 18.0 Å². The van der Waals surface area contributed by atoms with Crippen molar-refractivity contribution in [3.63, 3.8) is 0 Å². The quantitative estimate of drug-likeness (QED) is 0.337. The molecular formula is C31H45N3O6S. The second kappa shape index (κ2) is 14.8. The number of hydrogen-bond acceptors (Lipinski definition) is 6. The van der Waals surface area contributed by atoms with Crippen molar-refractivity contribution in [2.24, 2.45) is 5.92 Å². The summed E-state index contributed by atoms with van der Waals surface area (Å²) in [6.45, 7) is 10.4. The largest absolute Gasteiger partial charge is 0.489 e. The van der Waals surface area contributed by atoms with Crippen LogP contribution in [0.5, 0.6) is 5.75 Å². The van der Waals surface area contributed by atoms with Crippen LogP contribution >= 0.6 is 0 Å². The first-order valence-corrected chi connectivity index (χ1v) is 15.8. The highest BCUT2D eigenvalue weighted by Crippen LogP contribution is 2.18. The molecule has 0 aromatic heterocycles. The van der Waals surface area contributed by atoms with Crippen molar-refractivity contribution >= 4 is 22.1 Å². The van der Waals surface area contributed by atoms with Crippen LogP contribution in [-0.2, 0) is 37.6 Å². The standard InChI is InChI=1S/C31H45N3O6S/c1-23(2)20-27(33-41(37,38)34-18-10-7-11-19-34)29(35)32-28(30(36)40-31(3,4)5)21-24-14-16-26(17-15-24)39-22-25-12-8-6-9-13-25/h6,8-9,12-17,23,27-28,33H,7,10-11,18-22H2,1-5H3,(H,32,35)/t27-,28-/m0/s1. The number of piperidine rings is 1. The van der Waals surface area contributed by atoms with Gasteiger partial charge in [0, 0.05) is 19.5 Å². The molecule has 9 nitrogen and oxygen atoms in total. The Labute approximate surface area is 245 Å². The molecule has 10 heteroatoms. The molecule has 0 saturated carbocycles. The zero-order chi connectivity index (χ0) is 30.0. The third kappa shape index (κ3) is 11.1. The number of ether oxygens (including phenoxy) is 2. The predicted molar refractivity (Wildman–Crippen MR) is 159 cm³/mol. The molecule has 2 atom stereocenters. The van der Waals surface area contributed by atoms with Crippen LogP contribution in [0, 0.1) is 5.92 Å². The van der Waals surface area contributed by atoms with E-state index in [1.165, 1.54) is 4.31 Å². The fourth-order valence-corrected chi connectivity index (χ4v) is 6.03. The smallest absolute Gasteiger partial charge is 0.329 e. The monoisotopic (exact) mass is 587 g/mol. The predicted octanol–water partition coefficient (Wildman–Crippen LogP) is 4.37. The first kappa shape index (κ1) is 32.6. The zero-order valence-electron chi connectivity index (χ0n) is 24.9. The van der Waals surface area contributed by atoms with E-state index in [1.807, 2.05) is 68.4 Å². The second-order valence-corrected chi connectivity index (χ2v) is 13.7. The lowest BCUT2D eigenvalue weighted by Gasteiger charge is -2.30. The van der Waals surface area contributed by atoms with E-state index in [-0.39, 0.29) is 18.8 Å². The third-order valence-electron chi connectivity index (χ3n) is 6.59. The molecule has 2 aromatic carbocycles. The molecule has 3 rings (SSSR count). The van der Waals surface area contributed by atoms with Crippen molar-refractivity contribution in [3.05, 3.63) is 65.7 Å². The summed E-state index contributed by atoms with van der Waals surface area (Å²) >= 11 is 0. The van der Waals surface area contributed by atoms with E-state index in [1.54, 1.807) is 20.8 Å². The maximum atomic E-state index is 13.5. The Balaban J connectivity index is 1.73. The summed E-state index contributed by atoms with van der Waals surface area (Å²) in [6, 6.07) is 15.1. The topological polar surface area (TPSA) is 114 Å². The maximum Gasteiger partial charge on any atom is 0.329 e. The fourth-order valence-electron chi connectivity index (χ4n) is 4.58. The minimum Gasteiger partial charge on any atom is -0.489 e. The van der Waals surface area contributed by atoms with Crippen molar-refractivity contribution in [3.8, 4) is 5.75 Å². The maximum absolute atomic E-state index is 13.5. The van der Waals surface area contributed by atoms with Crippen LogP contribution in [0.15, 0.2) is 54.6 Å². The van der Waals surface area contributed by atoms with Crippen LogP contribution in [0.4, 0.5) is 0 Å². The van der Waals surface area contributed by atoms with Gasteiger partial charge < -0.3 is 14.8 Å². The van der Waals surface area contributed by atoms with Gasteiger partial charge in [0.25, 0.3) is 10.2 Å². The number of rotatable bonds is 13. The molecule has 1 heterocycles. The molecule has 1 aliphatic rings. The van der Waals surface area contributed by atoms with Gasteiger partial charge in [-0.1, -0.05) is 62.7 Å². The molecule has 2 N–H and O–H groups in total. The summed E-state index contributed by atoms with van der Waals surface area (Å²) in [5, 5.41) is 2.79. The summed E-state index contributed by atoms with van der Waals surface area (Å²) in [6.07, 6.45) is 3.03. The molecule has 0 radical (unpaired) electrons. The van der Waals surface area contributed by atoms with Crippen LogP contribution in [0.3, 0.4) is 0 Å². The van der Waals surface area contributed by atoms with Gasteiger partial charge in [0.2, 0.25) is 5.91 Å². The van der Waals surface area contributed by atoms with Gasteiger partial charge >= 0.3 is 5.97 Å². The van der Waals surface area contributed by atoms with Crippen LogP contribution in [0.1, 0.15) is 71.4 Å². The van der Waals surface area contributed by atoms with E-state index in [0.717, 1.165) is 30.4 Å². The number of amides is 1. The number of benzene rings is 2. The van der Waals surface area contributed by atoms with Crippen molar-refractivity contribution in [2.75, 3.05) is 13.1 Å². The molecule has 1 fully saturated rings. The summed E-state index contributed by atoms with van der Waals surface area (Å²) < 4.78 is 41.7. The normalized spacial score (nSPS) is 16.1. The lowest BCUT2D eigenvalue weighted by atomic mass is 10.0. The first-order valence-electron chi connectivity index (χ1n) is 14.4. The summed E-state index contributed by atoms with van der Waals surface area (Å²) in [5.74, 6) is -0.423. The van der Waals surface area contributed by atoms with Crippen LogP contribution < -0.4 is 14.8 Å². The number of carbonyl (C=O) groups is 2. The molecule has 0 aliphatic carbocycles. The highest BCUT2D eigenvalue weighted by Gasteiger charge is 2.34. The highest BCUT2D eigenvalue weighted by molar-refractivity contribution is 7.87. The van der Waals surface area contributed by atoms with E-state index >= 15 is 0 Å². The Morgan fingerprint density at radius 2 is 1.54 bits per heavy atom. The Bertz CT molecular complexity index is 1220. The Kier molecular flexibility index (Phi) is 11.7. The molecule has 226 valence electrons. The fraction of sp³-hybridized carbons (Fsp3) is 0.548. The summed E-state index contributed by atoms with van der Waals surface area (Å²) in [7, 11) is -3.85. The number of esters is 1. The third-order valence-corrected chi connectivity index (χ3v) is 8.22. The molecule has 2 aromatic rings. The van der Waals surface area contributed by atoms with Gasteiger partial charge in [-0.25, -0.2) is 4.79 Å². The average Bonchev–Trinajstić information content (AvgIpc) is 2.91. The van der Waals surface area contributed by atoms with Gasteiger partial charge in [0.05, 0.1) is 0 Å². The molecule has 0 spiro atoms. The molecular weight excluding hydrogens is 542 g/mol. The van der Waals surface area contributed by atoms with Crippen molar-refractivity contribution in [2.45, 2.75) is 91.0 Å². The summed E-state index contributed by atoms with van der Waals surface area (Å²) in [5.41, 5.74) is 1.08. The number of carbonyl (C=O) groups excluding carboxylic acids is 2. The minimum atomic E-state index is -3.85. The number of nitrogens with one attached hydrogen (secondary N) is 2. The second-order valence-electron chi connectivity index (χ2n) is 12.0. The van der Waals surface area contributed by atoms with Gasteiger partial charge in [-0.05, 0) is 69.2 Å². The Morgan fingerprint density at radius 3 is 2.12 bits per heavy atom. The number of nitrogens with zero attached hydrogens (tertiary/aromatic N) is 1. The highest BCUT2D eigenvalue weighted by atomic mass is 32.2. The van der Waals surface area contributed by atoms with Crippen molar-refractivity contribution in [1.82, 2.24) is 14.3 Å². The van der Waals surface area contributed by atoms with Crippen LogP contribution in [0.25, 0.3) is 0 Å². The lowest BCUT2D eigenvalue weighted by molar-refractivity contribution is -0.158. The Hall–Kier alpha value is -2.95. The lowest BCUT2D eigenvalue weighted by Crippen LogP contribution is -2.56. The van der Waals surface area contributed by atoms with Crippen molar-refractivity contribution in [1.29, 1.82) is 0 Å². The zero-order valence-corrected chi connectivity index (χ0v) is 25.7. The molecule has 41 heavy (non-hydrogen) atoms. The summed E-state index contributed by atoms with van der Waals surface area (Å²) in [4.78, 5) is 26.7.